The van der Waals surface area contributed by atoms with Crippen molar-refractivity contribution in [2.24, 2.45) is 0 Å². The first kappa shape index (κ1) is 15.5. The average molecular weight is 267 g/mol. The Bertz CT molecular complexity index is 369. The van der Waals surface area contributed by atoms with Gasteiger partial charge in [-0.1, -0.05) is 5.92 Å². The molecule has 0 aromatic heterocycles. The van der Waals surface area contributed by atoms with E-state index < -0.39 is 0 Å². The minimum Gasteiger partial charge on any atom is -0.469 e. The highest BCUT2D eigenvalue weighted by Gasteiger charge is 2.26. The van der Waals surface area contributed by atoms with Crippen LogP contribution in [0.25, 0.3) is 0 Å². The van der Waals surface area contributed by atoms with Crippen molar-refractivity contribution < 1.29 is 19.4 Å². The summed E-state index contributed by atoms with van der Waals surface area (Å²) < 4.78 is 4.53. The molecule has 1 N–H and O–H groups in total. The normalized spacial score (nSPS) is 18.7. The molecular formula is C14H21NO4. The summed E-state index contributed by atoms with van der Waals surface area (Å²) in [5, 5.41) is 9.21. The van der Waals surface area contributed by atoms with Gasteiger partial charge in [0.05, 0.1) is 26.3 Å². The largest absolute Gasteiger partial charge is 0.469 e. The number of unbranched alkanes of at least 4 members (excludes halogenated alkanes) is 1. The molecule has 106 valence electrons. The van der Waals surface area contributed by atoms with Gasteiger partial charge >= 0.3 is 5.97 Å². The second-order valence-corrected chi connectivity index (χ2v) is 4.53. The highest BCUT2D eigenvalue weighted by Crippen LogP contribution is 2.17. The van der Waals surface area contributed by atoms with E-state index >= 15 is 0 Å². The maximum Gasteiger partial charge on any atom is 0.305 e. The summed E-state index contributed by atoms with van der Waals surface area (Å²) in [6, 6.07) is -0.0920. The lowest BCUT2D eigenvalue weighted by Gasteiger charge is -2.32. The Kier molecular flexibility index (Phi) is 6.98. The summed E-state index contributed by atoms with van der Waals surface area (Å²) in [5.41, 5.74) is 0. The van der Waals surface area contributed by atoms with Crippen LogP contribution in [0.3, 0.4) is 0 Å². The van der Waals surface area contributed by atoms with E-state index in [9.17, 15) is 14.7 Å². The van der Waals surface area contributed by atoms with Gasteiger partial charge in [-0.15, -0.1) is 5.92 Å². The lowest BCUT2D eigenvalue weighted by atomic mass is 10.0. The van der Waals surface area contributed by atoms with E-state index in [2.05, 4.69) is 16.6 Å². The zero-order valence-corrected chi connectivity index (χ0v) is 11.4. The van der Waals surface area contributed by atoms with Crippen molar-refractivity contribution in [2.75, 3.05) is 20.3 Å². The number of aliphatic hydroxyl groups is 1. The van der Waals surface area contributed by atoms with Crippen LogP contribution >= 0.6 is 0 Å². The van der Waals surface area contributed by atoms with E-state index in [1.807, 2.05) is 0 Å². The number of piperidine rings is 1. The number of amides is 1. The Labute approximate surface area is 113 Å². The molecule has 0 radical (unpaired) electrons. The van der Waals surface area contributed by atoms with E-state index in [-0.39, 0.29) is 24.5 Å². The van der Waals surface area contributed by atoms with E-state index in [0.29, 0.717) is 32.2 Å². The molecule has 1 heterocycles. The Morgan fingerprint density at radius 1 is 1.53 bits per heavy atom. The minimum absolute atomic E-state index is 0.00421. The SMILES string of the molecule is COC(=O)CCCC#CCN1C(=O)CCCC1CO. The van der Waals surface area contributed by atoms with Crippen molar-refractivity contribution in [3.05, 3.63) is 0 Å². The molecule has 1 amide bonds. The molecule has 1 saturated heterocycles. The summed E-state index contributed by atoms with van der Waals surface area (Å²) in [4.78, 5) is 24.2. The third-order valence-corrected chi connectivity index (χ3v) is 3.18. The number of likely N-dealkylation sites (tertiary alicyclic amines) is 1. The topological polar surface area (TPSA) is 66.8 Å². The van der Waals surface area contributed by atoms with Gasteiger partial charge < -0.3 is 14.7 Å². The molecule has 0 saturated carbocycles. The molecule has 19 heavy (non-hydrogen) atoms. The lowest BCUT2D eigenvalue weighted by molar-refractivity contribution is -0.140. The summed E-state index contributed by atoms with van der Waals surface area (Å²) >= 11 is 0. The predicted molar refractivity (Wildman–Crippen MR) is 70.1 cm³/mol. The summed E-state index contributed by atoms with van der Waals surface area (Å²) in [6.07, 6.45) is 3.87. The molecule has 0 spiro atoms. The van der Waals surface area contributed by atoms with Gasteiger partial charge in [-0.05, 0) is 19.3 Å². The van der Waals surface area contributed by atoms with Gasteiger partial charge in [0.1, 0.15) is 0 Å². The molecule has 0 aromatic carbocycles. The lowest BCUT2D eigenvalue weighted by Crippen LogP contribution is -2.45. The van der Waals surface area contributed by atoms with E-state index in [1.165, 1.54) is 7.11 Å². The number of methoxy groups -OCH3 is 1. The fraction of sp³-hybridized carbons (Fsp3) is 0.714. The van der Waals surface area contributed by atoms with Gasteiger partial charge in [0.15, 0.2) is 0 Å². The van der Waals surface area contributed by atoms with Crippen LogP contribution < -0.4 is 0 Å². The molecule has 0 bridgehead atoms. The zero-order chi connectivity index (χ0) is 14.1. The monoisotopic (exact) mass is 267 g/mol. The highest BCUT2D eigenvalue weighted by molar-refractivity contribution is 5.77. The predicted octanol–water partition coefficient (Wildman–Crippen LogP) is 0.706. The van der Waals surface area contributed by atoms with E-state index in [4.69, 9.17) is 0 Å². The maximum absolute atomic E-state index is 11.7. The number of rotatable bonds is 5. The number of esters is 1. The number of hydrogen-bond acceptors (Lipinski definition) is 4. The third-order valence-electron chi connectivity index (χ3n) is 3.18. The molecule has 1 fully saturated rings. The Hall–Kier alpha value is -1.54. The zero-order valence-electron chi connectivity index (χ0n) is 11.4. The van der Waals surface area contributed by atoms with Crippen molar-refractivity contribution in [3.63, 3.8) is 0 Å². The number of ether oxygens (including phenoxy) is 1. The van der Waals surface area contributed by atoms with Gasteiger partial charge in [0.2, 0.25) is 5.91 Å². The summed E-state index contributed by atoms with van der Waals surface area (Å²) in [5.74, 6) is 5.71. The Morgan fingerprint density at radius 2 is 2.32 bits per heavy atom. The molecule has 1 unspecified atom stereocenters. The first-order valence-corrected chi connectivity index (χ1v) is 6.62. The van der Waals surface area contributed by atoms with Crippen molar-refractivity contribution in [1.82, 2.24) is 4.90 Å². The summed E-state index contributed by atoms with van der Waals surface area (Å²) in [6.45, 7) is 0.359. The van der Waals surface area contributed by atoms with Crippen molar-refractivity contribution in [3.8, 4) is 11.8 Å². The van der Waals surface area contributed by atoms with Crippen LogP contribution in [0.1, 0.15) is 38.5 Å². The molecule has 1 aliphatic heterocycles. The number of nitrogens with zero attached hydrogens (tertiary/aromatic N) is 1. The number of carbonyl (C=O) groups is 2. The van der Waals surface area contributed by atoms with Gasteiger partial charge in [0.25, 0.3) is 0 Å². The standard InChI is InChI=1S/C14H21NO4/c1-19-14(18)9-4-2-3-5-10-15-12(11-16)7-6-8-13(15)17/h12,16H,2,4,6-11H2,1H3. The molecule has 0 aliphatic carbocycles. The Morgan fingerprint density at radius 3 is 3.00 bits per heavy atom. The van der Waals surface area contributed by atoms with Crippen LogP contribution in [0.15, 0.2) is 0 Å². The van der Waals surface area contributed by atoms with Gasteiger partial charge in [-0.25, -0.2) is 0 Å². The quantitative estimate of drug-likeness (QED) is 0.452. The second-order valence-electron chi connectivity index (χ2n) is 4.53. The fourth-order valence-electron chi connectivity index (χ4n) is 2.05. The molecule has 1 atom stereocenters. The second kappa shape index (κ2) is 8.54. The van der Waals surface area contributed by atoms with Crippen molar-refractivity contribution in [1.29, 1.82) is 0 Å². The van der Waals surface area contributed by atoms with E-state index in [1.54, 1.807) is 4.90 Å². The Balaban J connectivity index is 2.30. The fourth-order valence-corrected chi connectivity index (χ4v) is 2.05. The molecule has 5 nitrogen and oxygen atoms in total. The number of aliphatic hydroxyl groups excluding tert-OH is 1. The van der Waals surface area contributed by atoms with Crippen molar-refractivity contribution >= 4 is 11.9 Å². The smallest absolute Gasteiger partial charge is 0.305 e. The van der Waals surface area contributed by atoms with E-state index in [0.717, 1.165) is 12.8 Å². The molecule has 1 rings (SSSR count). The maximum atomic E-state index is 11.7. The molecule has 5 heteroatoms. The third kappa shape index (κ3) is 5.31. The van der Waals surface area contributed by atoms with Crippen LogP contribution in [0.4, 0.5) is 0 Å². The van der Waals surface area contributed by atoms with Crippen LogP contribution in [0.5, 0.6) is 0 Å². The molecule has 0 aromatic rings. The van der Waals surface area contributed by atoms with Crippen LogP contribution in [-0.2, 0) is 14.3 Å². The number of hydrogen-bond donors (Lipinski definition) is 1. The van der Waals surface area contributed by atoms with Crippen molar-refractivity contribution in [2.45, 2.75) is 44.6 Å². The molecular weight excluding hydrogens is 246 g/mol. The van der Waals surface area contributed by atoms with Crippen LogP contribution in [0.2, 0.25) is 0 Å². The highest BCUT2D eigenvalue weighted by atomic mass is 16.5. The van der Waals surface area contributed by atoms with Gasteiger partial charge in [-0.2, -0.15) is 0 Å². The first-order valence-electron chi connectivity index (χ1n) is 6.62. The first-order chi connectivity index (χ1) is 9.19. The summed E-state index contributed by atoms with van der Waals surface area (Å²) in [7, 11) is 1.37. The van der Waals surface area contributed by atoms with Crippen LogP contribution in [0, 0.1) is 11.8 Å². The van der Waals surface area contributed by atoms with Crippen LogP contribution in [-0.4, -0.2) is 48.2 Å². The van der Waals surface area contributed by atoms with Gasteiger partial charge in [-0.3, -0.25) is 9.59 Å². The molecule has 1 aliphatic rings. The minimum atomic E-state index is -0.228. The number of carbonyl (C=O) groups excluding carboxylic acids is 2. The average Bonchev–Trinajstić information content (AvgIpc) is 2.43. The van der Waals surface area contributed by atoms with Gasteiger partial charge in [0, 0.05) is 19.3 Å².